The zero-order chi connectivity index (χ0) is 13.7. The van der Waals surface area contributed by atoms with Crippen molar-refractivity contribution < 1.29 is 9.26 Å². The third-order valence-electron chi connectivity index (χ3n) is 4.15. The van der Waals surface area contributed by atoms with Crippen LogP contribution in [0.3, 0.4) is 0 Å². The summed E-state index contributed by atoms with van der Waals surface area (Å²) < 4.78 is 10.5. The van der Waals surface area contributed by atoms with Crippen LogP contribution in [0.2, 0.25) is 0 Å². The van der Waals surface area contributed by atoms with E-state index in [0.717, 1.165) is 31.6 Å². The van der Waals surface area contributed by atoms with Crippen molar-refractivity contribution in [1.82, 2.24) is 10.1 Å². The molecule has 1 fully saturated rings. The SMILES string of the molecule is CCOCCc1nc(C2(N)CCC(CC)CC2)no1. The van der Waals surface area contributed by atoms with E-state index in [1.54, 1.807) is 0 Å². The van der Waals surface area contributed by atoms with Crippen LogP contribution in [0.15, 0.2) is 4.52 Å². The highest BCUT2D eigenvalue weighted by Crippen LogP contribution is 2.37. The molecule has 0 saturated heterocycles. The van der Waals surface area contributed by atoms with E-state index in [1.807, 2.05) is 6.92 Å². The monoisotopic (exact) mass is 267 g/mol. The summed E-state index contributed by atoms with van der Waals surface area (Å²) in [5, 5.41) is 4.07. The van der Waals surface area contributed by atoms with Crippen molar-refractivity contribution in [1.29, 1.82) is 0 Å². The zero-order valence-corrected chi connectivity index (χ0v) is 12.0. The Morgan fingerprint density at radius 2 is 2.11 bits per heavy atom. The molecule has 0 unspecified atom stereocenters. The van der Waals surface area contributed by atoms with Gasteiger partial charge in [-0.3, -0.25) is 0 Å². The number of hydrogen-bond donors (Lipinski definition) is 1. The van der Waals surface area contributed by atoms with Gasteiger partial charge in [0.2, 0.25) is 5.89 Å². The predicted octanol–water partition coefficient (Wildman–Crippen LogP) is 2.40. The summed E-state index contributed by atoms with van der Waals surface area (Å²) in [6, 6.07) is 0. The fourth-order valence-corrected chi connectivity index (χ4v) is 2.69. The largest absolute Gasteiger partial charge is 0.381 e. The van der Waals surface area contributed by atoms with Gasteiger partial charge in [0.25, 0.3) is 0 Å². The van der Waals surface area contributed by atoms with Crippen LogP contribution in [0.25, 0.3) is 0 Å². The standard InChI is InChI=1S/C14H25N3O2/c1-3-11-5-8-14(15,9-6-11)13-16-12(19-17-13)7-10-18-4-2/h11H,3-10,15H2,1-2H3. The summed E-state index contributed by atoms with van der Waals surface area (Å²) in [5.74, 6) is 2.11. The molecule has 0 aromatic carbocycles. The highest BCUT2D eigenvalue weighted by molar-refractivity contribution is 5.06. The van der Waals surface area contributed by atoms with Gasteiger partial charge in [0.15, 0.2) is 5.82 Å². The first-order valence-electron chi connectivity index (χ1n) is 7.37. The molecule has 1 saturated carbocycles. The first-order chi connectivity index (χ1) is 9.18. The molecule has 5 nitrogen and oxygen atoms in total. The molecule has 0 radical (unpaired) electrons. The Hall–Kier alpha value is -0.940. The van der Waals surface area contributed by atoms with E-state index in [4.69, 9.17) is 15.0 Å². The lowest BCUT2D eigenvalue weighted by atomic mass is 9.76. The smallest absolute Gasteiger partial charge is 0.229 e. The van der Waals surface area contributed by atoms with E-state index in [-0.39, 0.29) is 5.54 Å². The lowest BCUT2D eigenvalue weighted by Gasteiger charge is -2.34. The van der Waals surface area contributed by atoms with Crippen molar-refractivity contribution in [3.8, 4) is 0 Å². The second-order valence-electron chi connectivity index (χ2n) is 5.47. The van der Waals surface area contributed by atoms with Gasteiger partial charge in [0, 0.05) is 6.61 Å². The third kappa shape index (κ3) is 3.54. The van der Waals surface area contributed by atoms with Crippen LogP contribution in [0, 0.1) is 5.92 Å². The molecule has 1 aliphatic carbocycles. The molecular formula is C14H25N3O2. The van der Waals surface area contributed by atoms with E-state index < -0.39 is 0 Å². The van der Waals surface area contributed by atoms with Crippen molar-refractivity contribution in [3.63, 3.8) is 0 Å². The molecule has 5 heteroatoms. The summed E-state index contributed by atoms with van der Waals surface area (Å²) in [6.45, 7) is 5.54. The quantitative estimate of drug-likeness (QED) is 0.801. The molecule has 0 spiro atoms. The van der Waals surface area contributed by atoms with Crippen LogP contribution >= 0.6 is 0 Å². The summed E-state index contributed by atoms with van der Waals surface area (Å²) in [7, 11) is 0. The Morgan fingerprint density at radius 3 is 2.74 bits per heavy atom. The van der Waals surface area contributed by atoms with Crippen LogP contribution in [0.4, 0.5) is 0 Å². The van der Waals surface area contributed by atoms with Crippen LogP contribution in [0.1, 0.15) is 57.7 Å². The Balaban J connectivity index is 1.94. The molecule has 0 amide bonds. The molecular weight excluding hydrogens is 242 g/mol. The maximum Gasteiger partial charge on any atom is 0.229 e. The van der Waals surface area contributed by atoms with Crippen LogP contribution < -0.4 is 5.73 Å². The minimum absolute atomic E-state index is 0.390. The summed E-state index contributed by atoms with van der Waals surface area (Å²) >= 11 is 0. The fourth-order valence-electron chi connectivity index (χ4n) is 2.69. The van der Waals surface area contributed by atoms with Crippen molar-refractivity contribution >= 4 is 0 Å². The molecule has 0 bridgehead atoms. The molecule has 1 aromatic heterocycles. The van der Waals surface area contributed by atoms with Crippen LogP contribution in [-0.4, -0.2) is 23.4 Å². The van der Waals surface area contributed by atoms with Crippen LogP contribution in [-0.2, 0) is 16.7 Å². The van der Waals surface area contributed by atoms with E-state index in [2.05, 4.69) is 17.1 Å². The molecule has 108 valence electrons. The average Bonchev–Trinajstić information content (AvgIpc) is 2.90. The molecule has 0 atom stereocenters. The fraction of sp³-hybridized carbons (Fsp3) is 0.857. The second-order valence-corrected chi connectivity index (χ2v) is 5.47. The molecule has 2 rings (SSSR count). The maximum atomic E-state index is 6.45. The van der Waals surface area contributed by atoms with E-state index in [9.17, 15) is 0 Å². The maximum absolute atomic E-state index is 6.45. The zero-order valence-electron chi connectivity index (χ0n) is 12.0. The molecule has 0 aliphatic heterocycles. The highest BCUT2D eigenvalue weighted by Gasteiger charge is 2.36. The number of aromatic nitrogens is 2. The number of ether oxygens (including phenoxy) is 1. The van der Waals surface area contributed by atoms with Gasteiger partial charge in [0.1, 0.15) is 0 Å². The first-order valence-corrected chi connectivity index (χ1v) is 7.37. The number of nitrogens with two attached hydrogens (primary N) is 1. The Kier molecular flexibility index (Phi) is 4.93. The minimum Gasteiger partial charge on any atom is -0.381 e. The van der Waals surface area contributed by atoms with Crippen molar-refractivity contribution in [2.24, 2.45) is 11.7 Å². The van der Waals surface area contributed by atoms with Gasteiger partial charge in [-0.2, -0.15) is 4.98 Å². The number of rotatable bonds is 6. The van der Waals surface area contributed by atoms with E-state index >= 15 is 0 Å². The van der Waals surface area contributed by atoms with E-state index in [0.29, 0.717) is 31.3 Å². The Labute approximate surface area is 114 Å². The Bertz CT molecular complexity index is 384. The third-order valence-corrected chi connectivity index (χ3v) is 4.15. The average molecular weight is 267 g/mol. The summed E-state index contributed by atoms with van der Waals surface area (Å²) in [5.41, 5.74) is 6.06. The number of hydrogen-bond acceptors (Lipinski definition) is 5. The van der Waals surface area contributed by atoms with Crippen molar-refractivity contribution in [2.75, 3.05) is 13.2 Å². The van der Waals surface area contributed by atoms with Gasteiger partial charge in [0.05, 0.1) is 18.6 Å². The highest BCUT2D eigenvalue weighted by atomic mass is 16.5. The van der Waals surface area contributed by atoms with Gasteiger partial charge in [-0.15, -0.1) is 0 Å². The van der Waals surface area contributed by atoms with Gasteiger partial charge in [-0.1, -0.05) is 18.5 Å². The van der Waals surface area contributed by atoms with Gasteiger partial charge in [-0.25, -0.2) is 0 Å². The topological polar surface area (TPSA) is 74.2 Å². The van der Waals surface area contributed by atoms with Gasteiger partial charge < -0.3 is 15.0 Å². The lowest BCUT2D eigenvalue weighted by Crippen LogP contribution is -2.41. The molecule has 19 heavy (non-hydrogen) atoms. The van der Waals surface area contributed by atoms with Crippen molar-refractivity contribution in [2.45, 2.75) is 57.9 Å². The number of nitrogens with zero attached hydrogens (tertiary/aromatic N) is 2. The molecule has 2 N–H and O–H groups in total. The Morgan fingerprint density at radius 1 is 1.37 bits per heavy atom. The molecule has 1 aliphatic rings. The summed E-state index contributed by atoms with van der Waals surface area (Å²) in [4.78, 5) is 4.45. The summed E-state index contributed by atoms with van der Waals surface area (Å²) in [6.07, 6.45) is 6.13. The predicted molar refractivity (Wildman–Crippen MR) is 72.6 cm³/mol. The van der Waals surface area contributed by atoms with Crippen molar-refractivity contribution in [3.05, 3.63) is 11.7 Å². The van der Waals surface area contributed by atoms with E-state index in [1.165, 1.54) is 6.42 Å². The van der Waals surface area contributed by atoms with Gasteiger partial charge >= 0.3 is 0 Å². The first kappa shape index (κ1) is 14.5. The van der Waals surface area contributed by atoms with Gasteiger partial charge in [-0.05, 0) is 38.5 Å². The normalized spacial score (nSPS) is 27.6. The molecule has 1 aromatic rings. The second kappa shape index (κ2) is 6.48. The minimum atomic E-state index is -0.390. The lowest BCUT2D eigenvalue weighted by molar-refractivity contribution is 0.144. The van der Waals surface area contributed by atoms with Crippen LogP contribution in [0.5, 0.6) is 0 Å². The molecule has 1 heterocycles.